The number of ether oxygens (including phenoxy) is 1. The van der Waals surface area contributed by atoms with Crippen molar-refractivity contribution in [1.29, 1.82) is 0 Å². The molecule has 0 radical (unpaired) electrons. The molecule has 1 aromatic rings. The van der Waals surface area contributed by atoms with Crippen LogP contribution in [0.4, 0.5) is 5.69 Å². The first-order valence-electron chi connectivity index (χ1n) is 5.73. The van der Waals surface area contributed by atoms with Crippen molar-refractivity contribution in [3.8, 4) is 5.75 Å². The van der Waals surface area contributed by atoms with Crippen molar-refractivity contribution in [3.05, 3.63) is 23.3 Å². The number of methoxy groups -OCH3 is 1. The summed E-state index contributed by atoms with van der Waals surface area (Å²) in [5.74, 6) is -0.198. The maximum absolute atomic E-state index is 10.4. The van der Waals surface area contributed by atoms with Gasteiger partial charge in [0.05, 0.1) is 19.6 Å². The third kappa shape index (κ3) is 3.92. The van der Waals surface area contributed by atoms with Gasteiger partial charge in [-0.1, -0.05) is 0 Å². The first-order valence-corrected chi connectivity index (χ1v) is 5.73. The van der Waals surface area contributed by atoms with Gasteiger partial charge in [0, 0.05) is 12.2 Å². The molecule has 0 spiro atoms. The quantitative estimate of drug-likeness (QED) is 0.717. The Balaban J connectivity index is 2.68. The Hall–Kier alpha value is -1.75. The molecular weight excluding hydrogens is 234 g/mol. The van der Waals surface area contributed by atoms with E-state index < -0.39 is 12.1 Å². The van der Waals surface area contributed by atoms with Gasteiger partial charge in [-0.25, -0.2) is 0 Å². The summed E-state index contributed by atoms with van der Waals surface area (Å²) < 4.78 is 5.20. The zero-order valence-electron chi connectivity index (χ0n) is 10.9. The van der Waals surface area contributed by atoms with Crippen molar-refractivity contribution in [1.82, 2.24) is 0 Å². The zero-order valence-corrected chi connectivity index (χ0v) is 10.9. The van der Waals surface area contributed by atoms with Crippen LogP contribution in [0.1, 0.15) is 17.5 Å². The summed E-state index contributed by atoms with van der Waals surface area (Å²) in [7, 11) is 1.62. The van der Waals surface area contributed by atoms with E-state index in [1.54, 1.807) is 7.11 Å². The number of benzene rings is 1. The molecule has 0 saturated heterocycles. The molecule has 0 aliphatic heterocycles. The smallest absolute Gasteiger partial charge is 0.306 e. The lowest BCUT2D eigenvalue weighted by atomic mass is 10.1. The molecule has 1 atom stereocenters. The Morgan fingerprint density at radius 3 is 2.61 bits per heavy atom. The Morgan fingerprint density at radius 1 is 1.39 bits per heavy atom. The molecule has 18 heavy (non-hydrogen) atoms. The van der Waals surface area contributed by atoms with Crippen LogP contribution in [0.5, 0.6) is 5.75 Å². The van der Waals surface area contributed by atoms with Gasteiger partial charge in [-0.2, -0.15) is 0 Å². The lowest BCUT2D eigenvalue weighted by Crippen LogP contribution is -2.22. The molecule has 1 rings (SSSR count). The molecule has 0 amide bonds. The van der Waals surface area contributed by atoms with E-state index in [9.17, 15) is 9.90 Å². The van der Waals surface area contributed by atoms with Gasteiger partial charge in [-0.15, -0.1) is 0 Å². The standard InChI is InChI=1S/C13H19NO4/c1-8-5-12(18-3)9(2)4-11(8)14-7-10(15)6-13(16)17/h4-5,10,14-15H,6-7H2,1-3H3,(H,16,17). The van der Waals surface area contributed by atoms with Crippen molar-refractivity contribution in [2.75, 3.05) is 19.0 Å². The number of rotatable bonds is 6. The van der Waals surface area contributed by atoms with Gasteiger partial charge in [0.15, 0.2) is 0 Å². The summed E-state index contributed by atoms with van der Waals surface area (Å²) in [4.78, 5) is 10.4. The highest BCUT2D eigenvalue weighted by molar-refractivity contribution is 5.67. The molecule has 0 heterocycles. The van der Waals surface area contributed by atoms with E-state index in [1.807, 2.05) is 26.0 Å². The first kappa shape index (κ1) is 14.3. The summed E-state index contributed by atoms with van der Waals surface area (Å²) in [6.45, 7) is 4.06. The summed E-state index contributed by atoms with van der Waals surface area (Å²) in [5.41, 5.74) is 2.84. The van der Waals surface area contributed by atoms with Crippen LogP contribution in [0, 0.1) is 13.8 Å². The van der Waals surface area contributed by atoms with Crippen LogP contribution in [-0.2, 0) is 4.79 Å². The molecule has 0 fully saturated rings. The third-order valence-corrected chi connectivity index (χ3v) is 2.68. The fraction of sp³-hybridized carbons (Fsp3) is 0.462. The number of aliphatic hydroxyl groups is 1. The predicted octanol–water partition coefficient (Wildman–Crippen LogP) is 1.56. The second-order valence-corrected chi connectivity index (χ2v) is 4.27. The predicted molar refractivity (Wildman–Crippen MR) is 69.2 cm³/mol. The minimum absolute atomic E-state index is 0.207. The van der Waals surface area contributed by atoms with Crippen molar-refractivity contribution in [2.45, 2.75) is 26.4 Å². The Labute approximate surface area is 106 Å². The van der Waals surface area contributed by atoms with Gasteiger partial charge in [-0.05, 0) is 37.1 Å². The van der Waals surface area contributed by atoms with Crippen molar-refractivity contribution in [3.63, 3.8) is 0 Å². The molecule has 3 N–H and O–H groups in total. The van der Waals surface area contributed by atoms with Crippen LogP contribution >= 0.6 is 0 Å². The number of aliphatic hydroxyl groups excluding tert-OH is 1. The monoisotopic (exact) mass is 253 g/mol. The fourth-order valence-corrected chi connectivity index (χ4v) is 1.70. The minimum atomic E-state index is -1.01. The summed E-state index contributed by atoms with van der Waals surface area (Å²) in [6, 6.07) is 3.82. The van der Waals surface area contributed by atoms with E-state index in [-0.39, 0.29) is 13.0 Å². The molecule has 0 bridgehead atoms. The van der Waals surface area contributed by atoms with Gasteiger partial charge >= 0.3 is 5.97 Å². The molecular formula is C13H19NO4. The lowest BCUT2D eigenvalue weighted by molar-refractivity contribution is -0.138. The Kier molecular flexibility index (Phi) is 4.97. The number of aryl methyl sites for hydroxylation is 2. The summed E-state index contributed by atoms with van der Waals surface area (Å²) in [5, 5.41) is 21.1. The van der Waals surface area contributed by atoms with Crippen LogP contribution in [0.15, 0.2) is 12.1 Å². The second kappa shape index (κ2) is 6.26. The third-order valence-electron chi connectivity index (χ3n) is 2.68. The number of anilines is 1. The van der Waals surface area contributed by atoms with E-state index in [1.165, 1.54) is 0 Å². The average Bonchev–Trinajstić information content (AvgIpc) is 2.28. The van der Waals surface area contributed by atoms with E-state index >= 15 is 0 Å². The summed E-state index contributed by atoms with van der Waals surface area (Å²) in [6.07, 6.45) is -1.16. The van der Waals surface area contributed by atoms with Gasteiger partial charge in [0.25, 0.3) is 0 Å². The lowest BCUT2D eigenvalue weighted by Gasteiger charge is -2.15. The van der Waals surface area contributed by atoms with E-state index in [0.717, 1.165) is 22.6 Å². The number of carbonyl (C=O) groups is 1. The first-order chi connectivity index (χ1) is 8.43. The van der Waals surface area contributed by atoms with Crippen molar-refractivity contribution in [2.24, 2.45) is 0 Å². The number of nitrogens with one attached hydrogen (secondary N) is 1. The van der Waals surface area contributed by atoms with Crippen LogP contribution in [0.2, 0.25) is 0 Å². The SMILES string of the molecule is COc1cc(C)c(NCC(O)CC(=O)O)cc1C. The Bertz CT molecular complexity index is 431. The molecule has 1 aromatic carbocycles. The van der Waals surface area contributed by atoms with Crippen LogP contribution in [0.3, 0.4) is 0 Å². The average molecular weight is 253 g/mol. The number of carboxylic acid groups (broad SMARTS) is 1. The molecule has 100 valence electrons. The van der Waals surface area contributed by atoms with Crippen LogP contribution in [-0.4, -0.2) is 35.9 Å². The molecule has 0 saturated carbocycles. The number of aliphatic carboxylic acids is 1. The Morgan fingerprint density at radius 2 is 2.06 bits per heavy atom. The normalized spacial score (nSPS) is 12.0. The summed E-state index contributed by atoms with van der Waals surface area (Å²) >= 11 is 0. The van der Waals surface area contributed by atoms with Gasteiger partial charge in [0.1, 0.15) is 5.75 Å². The number of hydrogen-bond acceptors (Lipinski definition) is 4. The zero-order chi connectivity index (χ0) is 13.7. The van der Waals surface area contributed by atoms with Gasteiger partial charge < -0.3 is 20.3 Å². The molecule has 5 nitrogen and oxygen atoms in total. The highest BCUT2D eigenvalue weighted by Gasteiger charge is 2.10. The fourth-order valence-electron chi connectivity index (χ4n) is 1.70. The highest BCUT2D eigenvalue weighted by Crippen LogP contribution is 2.25. The maximum Gasteiger partial charge on any atom is 0.306 e. The molecule has 1 unspecified atom stereocenters. The second-order valence-electron chi connectivity index (χ2n) is 4.27. The van der Waals surface area contributed by atoms with Gasteiger partial charge in [0.2, 0.25) is 0 Å². The van der Waals surface area contributed by atoms with Crippen molar-refractivity contribution >= 4 is 11.7 Å². The molecule has 5 heteroatoms. The minimum Gasteiger partial charge on any atom is -0.496 e. The van der Waals surface area contributed by atoms with E-state index in [2.05, 4.69) is 5.32 Å². The van der Waals surface area contributed by atoms with Crippen LogP contribution < -0.4 is 10.1 Å². The topological polar surface area (TPSA) is 78.8 Å². The van der Waals surface area contributed by atoms with E-state index in [0.29, 0.717) is 0 Å². The highest BCUT2D eigenvalue weighted by atomic mass is 16.5. The number of carboxylic acids is 1. The molecule has 0 aliphatic carbocycles. The van der Waals surface area contributed by atoms with E-state index in [4.69, 9.17) is 9.84 Å². The largest absolute Gasteiger partial charge is 0.496 e. The molecule has 0 aliphatic rings. The van der Waals surface area contributed by atoms with Crippen molar-refractivity contribution < 1.29 is 19.7 Å². The number of hydrogen-bond donors (Lipinski definition) is 3. The molecule has 0 aromatic heterocycles. The van der Waals surface area contributed by atoms with Gasteiger partial charge in [-0.3, -0.25) is 4.79 Å². The maximum atomic E-state index is 10.4. The van der Waals surface area contributed by atoms with Crippen LogP contribution in [0.25, 0.3) is 0 Å².